The largest absolute Gasteiger partial charge is 0.468 e. The molecule has 1 aliphatic rings. The maximum absolute atomic E-state index is 14.4. The van der Waals surface area contributed by atoms with Crippen molar-refractivity contribution in [1.82, 2.24) is 15.2 Å². The molecule has 0 bridgehead atoms. The summed E-state index contributed by atoms with van der Waals surface area (Å²) in [5.74, 6) is -0.921. The highest BCUT2D eigenvalue weighted by Gasteiger charge is 2.29. The summed E-state index contributed by atoms with van der Waals surface area (Å²) in [7, 11) is 0. The zero-order valence-electron chi connectivity index (χ0n) is 17.3. The number of ketones is 1. The molecule has 1 N–H and O–H groups in total. The van der Waals surface area contributed by atoms with Gasteiger partial charge in [0.1, 0.15) is 5.82 Å². The molecule has 0 radical (unpaired) electrons. The van der Waals surface area contributed by atoms with E-state index in [2.05, 4.69) is 10.3 Å². The number of ether oxygens (including phenoxy) is 1. The van der Waals surface area contributed by atoms with Crippen LogP contribution in [0.1, 0.15) is 22.8 Å². The number of benzene rings is 1. The average Bonchev–Trinajstić information content (AvgIpc) is 2.76. The summed E-state index contributed by atoms with van der Waals surface area (Å²) in [6.07, 6.45) is -3.19. The second-order valence-electron chi connectivity index (χ2n) is 7.23. The number of piperazine rings is 1. The molecule has 1 fully saturated rings. The first-order valence-electron chi connectivity index (χ1n) is 9.85. The monoisotopic (exact) mass is 454 g/mol. The number of rotatable bonds is 6. The third-order valence-electron chi connectivity index (χ3n) is 4.91. The lowest BCUT2D eigenvalue weighted by Gasteiger charge is -2.36. The number of alkyl halides is 3. The number of anilines is 1. The number of pyridine rings is 1. The minimum Gasteiger partial charge on any atom is -0.468 e. The minimum absolute atomic E-state index is 0.0544. The zero-order chi connectivity index (χ0) is 23.3. The molecular weight excluding hydrogens is 432 g/mol. The molecule has 7 nitrogen and oxygen atoms in total. The van der Waals surface area contributed by atoms with Crippen LogP contribution in [0.15, 0.2) is 36.5 Å². The molecule has 0 spiro atoms. The SMILES string of the molecule is CC(=O)c1ccc(N2CCN(C(=O)NCc3cccnc3OCC(F)(F)F)CC2)c(F)c1. The van der Waals surface area contributed by atoms with Gasteiger partial charge in [0.15, 0.2) is 12.4 Å². The summed E-state index contributed by atoms with van der Waals surface area (Å²) in [6.45, 7) is 1.25. The van der Waals surface area contributed by atoms with Crippen molar-refractivity contribution in [2.75, 3.05) is 37.7 Å². The number of hydrogen-bond donors (Lipinski definition) is 1. The molecule has 2 aromatic rings. The van der Waals surface area contributed by atoms with Crippen LogP contribution in [0.2, 0.25) is 0 Å². The van der Waals surface area contributed by atoms with E-state index >= 15 is 0 Å². The molecule has 1 aliphatic heterocycles. The van der Waals surface area contributed by atoms with Crippen LogP contribution >= 0.6 is 0 Å². The Morgan fingerprint density at radius 3 is 2.50 bits per heavy atom. The Hall–Kier alpha value is -3.37. The maximum Gasteiger partial charge on any atom is 0.422 e. The number of nitrogens with one attached hydrogen (secondary N) is 1. The minimum atomic E-state index is -4.50. The van der Waals surface area contributed by atoms with E-state index in [0.717, 1.165) is 0 Å². The molecule has 0 saturated carbocycles. The van der Waals surface area contributed by atoms with E-state index in [4.69, 9.17) is 4.74 Å². The van der Waals surface area contributed by atoms with Gasteiger partial charge < -0.3 is 19.9 Å². The first-order chi connectivity index (χ1) is 15.1. The van der Waals surface area contributed by atoms with Gasteiger partial charge in [-0.25, -0.2) is 14.2 Å². The molecule has 2 heterocycles. The second kappa shape index (κ2) is 9.84. The Bertz CT molecular complexity index is 976. The predicted molar refractivity (Wildman–Crippen MR) is 108 cm³/mol. The van der Waals surface area contributed by atoms with Crippen molar-refractivity contribution in [2.24, 2.45) is 0 Å². The summed E-state index contributed by atoms with van der Waals surface area (Å²) in [5, 5.41) is 2.65. The summed E-state index contributed by atoms with van der Waals surface area (Å²) < 4.78 is 56.2. The van der Waals surface area contributed by atoms with E-state index in [1.165, 1.54) is 36.2 Å². The Morgan fingerprint density at radius 2 is 1.88 bits per heavy atom. The number of hydrogen-bond acceptors (Lipinski definition) is 5. The van der Waals surface area contributed by atoms with Crippen molar-refractivity contribution in [1.29, 1.82) is 0 Å². The number of Topliss-reactive ketones (excluding diaryl/α,β-unsaturated/α-hetero) is 1. The fraction of sp³-hybridized carbons (Fsp3) is 0.381. The molecular formula is C21H22F4N4O3. The van der Waals surface area contributed by atoms with Gasteiger partial charge in [0.05, 0.1) is 5.69 Å². The van der Waals surface area contributed by atoms with Crippen LogP contribution in [-0.2, 0) is 6.54 Å². The van der Waals surface area contributed by atoms with Crippen LogP contribution in [0, 0.1) is 5.82 Å². The summed E-state index contributed by atoms with van der Waals surface area (Å²) in [4.78, 5) is 31.0. The van der Waals surface area contributed by atoms with Crippen LogP contribution < -0.4 is 15.0 Å². The van der Waals surface area contributed by atoms with E-state index in [1.807, 2.05) is 0 Å². The number of halogens is 4. The van der Waals surface area contributed by atoms with Crippen molar-refractivity contribution in [2.45, 2.75) is 19.6 Å². The van der Waals surface area contributed by atoms with Crippen molar-refractivity contribution in [3.63, 3.8) is 0 Å². The molecule has 172 valence electrons. The highest BCUT2D eigenvalue weighted by atomic mass is 19.4. The van der Waals surface area contributed by atoms with Crippen molar-refractivity contribution >= 4 is 17.5 Å². The highest BCUT2D eigenvalue weighted by molar-refractivity contribution is 5.94. The summed E-state index contributed by atoms with van der Waals surface area (Å²) in [5.41, 5.74) is 0.964. The van der Waals surface area contributed by atoms with E-state index in [9.17, 15) is 27.2 Å². The number of aromatic nitrogens is 1. The van der Waals surface area contributed by atoms with Crippen LogP contribution in [0.4, 0.5) is 28.0 Å². The number of carbonyl (C=O) groups is 2. The van der Waals surface area contributed by atoms with E-state index < -0.39 is 24.6 Å². The van der Waals surface area contributed by atoms with Crippen molar-refractivity contribution in [3.05, 3.63) is 53.5 Å². The van der Waals surface area contributed by atoms with Crippen molar-refractivity contribution in [3.8, 4) is 5.88 Å². The van der Waals surface area contributed by atoms with Crippen LogP contribution in [0.3, 0.4) is 0 Å². The van der Waals surface area contributed by atoms with Gasteiger partial charge >= 0.3 is 12.2 Å². The Labute approximate surface area is 182 Å². The Balaban J connectivity index is 1.53. The van der Waals surface area contributed by atoms with Crippen LogP contribution in [0.25, 0.3) is 0 Å². The average molecular weight is 454 g/mol. The molecule has 3 rings (SSSR count). The Morgan fingerprint density at radius 1 is 1.16 bits per heavy atom. The standard InChI is InChI=1S/C21H22F4N4O3/c1-14(30)15-4-5-18(17(22)11-15)28-7-9-29(10-8-28)20(31)27-12-16-3-2-6-26-19(16)32-13-21(23,24)25/h2-6,11H,7-10,12-13H2,1H3,(H,27,31). The molecule has 1 saturated heterocycles. The lowest BCUT2D eigenvalue weighted by molar-refractivity contribution is -0.154. The molecule has 0 aliphatic carbocycles. The van der Waals surface area contributed by atoms with Gasteiger partial charge in [-0.1, -0.05) is 6.07 Å². The van der Waals surface area contributed by atoms with Gasteiger partial charge in [-0.2, -0.15) is 13.2 Å². The summed E-state index contributed by atoms with van der Waals surface area (Å²) in [6, 6.07) is 6.96. The number of carbonyl (C=O) groups excluding carboxylic acids is 2. The second-order valence-corrected chi connectivity index (χ2v) is 7.23. The normalized spacial score (nSPS) is 14.3. The lowest BCUT2D eigenvalue weighted by Crippen LogP contribution is -2.51. The fourth-order valence-electron chi connectivity index (χ4n) is 3.25. The van der Waals surface area contributed by atoms with Gasteiger partial charge in [0, 0.05) is 50.0 Å². The number of nitrogens with zero attached hydrogens (tertiary/aromatic N) is 3. The van der Waals surface area contributed by atoms with Gasteiger partial charge in [-0.05, 0) is 31.2 Å². The van der Waals surface area contributed by atoms with Crippen molar-refractivity contribution < 1.29 is 31.9 Å². The highest BCUT2D eigenvalue weighted by Crippen LogP contribution is 2.23. The number of amides is 2. The van der Waals surface area contributed by atoms with Gasteiger partial charge in [0.25, 0.3) is 0 Å². The lowest BCUT2D eigenvalue weighted by atomic mass is 10.1. The molecule has 0 unspecified atom stereocenters. The number of urea groups is 1. The summed E-state index contributed by atoms with van der Waals surface area (Å²) >= 11 is 0. The molecule has 0 atom stereocenters. The first-order valence-corrected chi connectivity index (χ1v) is 9.85. The van der Waals surface area contributed by atoms with Crippen LogP contribution in [0.5, 0.6) is 5.88 Å². The molecule has 1 aromatic carbocycles. The smallest absolute Gasteiger partial charge is 0.422 e. The molecule has 32 heavy (non-hydrogen) atoms. The van der Waals surface area contributed by atoms with Gasteiger partial charge in [-0.15, -0.1) is 0 Å². The third kappa shape index (κ3) is 6.08. The third-order valence-corrected chi connectivity index (χ3v) is 4.91. The molecule has 1 aromatic heterocycles. The van der Waals surface area contributed by atoms with E-state index in [0.29, 0.717) is 43.0 Å². The van der Waals surface area contributed by atoms with E-state index in [1.54, 1.807) is 17.0 Å². The Kier molecular flexibility index (Phi) is 7.16. The van der Waals surface area contributed by atoms with Crippen LogP contribution in [-0.4, -0.2) is 60.7 Å². The van der Waals surface area contributed by atoms with E-state index in [-0.39, 0.29) is 18.2 Å². The fourth-order valence-corrected chi connectivity index (χ4v) is 3.25. The van der Waals surface area contributed by atoms with Gasteiger partial charge in [0.2, 0.25) is 5.88 Å². The predicted octanol–water partition coefficient (Wildman–Crippen LogP) is 3.40. The molecule has 2 amide bonds. The first kappa shape index (κ1) is 23.3. The van der Waals surface area contributed by atoms with Gasteiger partial charge in [-0.3, -0.25) is 4.79 Å². The quantitative estimate of drug-likeness (QED) is 0.535. The molecule has 11 heteroatoms. The maximum atomic E-state index is 14.4. The topological polar surface area (TPSA) is 74.8 Å². The zero-order valence-corrected chi connectivity index (χ0v) is 17.3.